The second kappa shape index (κ2) is 5.84. The number of nitrogens with zero attached hydrogens (tertiary/aromatic N) is 1. The SMILES string of the molecule is C=C1C[C@H](C(=O)N2CCCC2)[C@@H](c2ccc3ccccc3c2)C1. The molecule has 2 atom stereocenters. The highest BCUT2D eigenvalue weighted by molar-refractivity contribution is 5.84. The molecule has 2 fully saturated rings. The minimum Gasteiger partial charge on any atom is -0.342 e. The van der Waals surface area contributed by atoms with Gasteiger partial charge < -0.3 is 4.90 Å². The first-order valence-electron chi connectivity index (χ1n) is 8.66. The van der Waals surface area contributed by atoms with E-state index in [-0.39, 0.29) is 5.92 Å². The van der Waals surface area contributed by atoms with Gasteiger partial charge in [0, 0.05) is 19.0 Å². The molecular weight excluding hydrogens is 282 g/mol. The van der Waals surface area contributed by atoms with Gasteiger partial charge in [-0.05, 0) is 47.9 Å². The largest absolute Gasteiger partial charge is 0.342 e. The van der Waals surface area contributed by atoms with Crippen molar-refractivity contribution in [2.45, 2.75) is 31.6 Å². The molecule has 0 N–H and O–H groups in total. The minimum atomic E-state index is 0.0850. The Labute approximate surface area is 137 Å². The first kappa shape index (κ1) is 14.5. The normalized spacial score (nSPS) is 24.5. The summed E-state index contributed by atoms with van der Waals surface area (Å²) in [6.07, 6.45) is 4.11. The number of amides is 1. The van der Waals surface area contributed by atoms with Gasteiger partial charge >= 0.3 is 0 Å². The van der Waals surface area contributed by atoms with Crippen molar-refractivity contribution >= 4 is 16.7 Å². The van der Waals surface area contributed by atoms with Crippen LogP contribution in [0.25, 0.3) is 10.8 Å². The van der Waals surface area contributed by atoms with Crippen molar-refractivity contribution in [1.82, 2.24) is 4.90 Å². The second-order valence-electron chi connectivity index (χ2n) is 7.01. The average Bonchev–Trinajstić information content (AvgIpc) is 3.23. The third kappa shape index (κ3) is 2.67. The monoisotopic (exact) mass is 305 g/mol. The van der Waals surface area contributed by atoms with Crippen molar-refractivity contribution in [2.75, 3.05) is 13.1 Å². The molecule has 1 amide bonds. The summed E-state index contributed by atoms with van der Waals surface area (Å²) in [6.45, 7) is 6.05. The number of hydrogen-bond donors (Lipinski definition) is 0. The Morgan fingerprint density at radius 2 is 1.74 bits per heavy atom. The van der Waals surface area contributed by atoms with E-state index in [0.29, 0.717) is 11.8 Å². The molecule has 1 heterocycles. The van der Waals surface area contributed by atoms with Crippen molar-refractivity contribution < 1.29 is 4.79 Å². The van der Waals surface area contributed by atoms with E-state index < -0.39 is 0 Å². The van der Waals surface area contributed by atoms with E-state index in [9.17, 15) is 4.79 Å². The third-order valence-electron chi connectivity index (χ3n) is 5.44. The summed E-state index contributed by atoms with van der Waals surface area (Å²) < 4.78 is 0. The van der Waals surface area contributed by atoms with Crippen LogP contribution in [0.5, 0.6) is 0 Å². The Kier molecular flexibility index (Phi) is 3.68. The Bertz CT molecular complexity index is 757. The summed E-state index contributed by atoms with van der Waals surface area (Å²) in [5, 5.41) is 2.52. The molecule has 0 unspecified atom stereocenters. The zero-order valence-electron chi connectivity index (χ0n) is 13.5. The molecular formula is C21H23NO. The number of benzene rings is 2. The molecule has 2 nitrogen and oxygen atoms in total. The van der Waals surface area contributed by atoms with Gasteiger partial charge in [0.2, 0.25) is 5.91 Å². The van der Waals surface area contributed by atoms with Gasteiger partial charge in [-0.3, -0.25) is 4.79 Å². The van der Waals surface area contributed by atoms with Crippen LogP contribution < -0.4 is 0 Å². The number of carbonyl (C=O) groups is 1. The molecule has 0 radical (unpaired) electrons. The van der Waals surface area contributed by atoms with Crippen LogP contribution >= 0.6 is 0 Å². The maximum atomic E-state index is 12.9. The molecule has 2 aliphatic rings. The van der Waals surface area contributed by atoms with Gasteiger partial charge in [0.25, 0.3) is 0 Å². The second-order valence-corrected chi connectivity index (χ2v) is 7.01. The molecule has 2 aromatic carbocycles. The predicted octanol–water partition coefficient (Wildman–Crippen LogP) is 4.51. The Morgan fingerprint density at radius 1 is 1.00 bits per heavy atom. The van der Waals surface area contributed by atoms with Gasteiger partial charge in [-0.2, -0.15) is 0 Å². The van der Waals surface area contributed by atoms with E-state index in [1.54, 1.807) is 0 Å². The van der Waals surface area contributed by atoms with Gasteiger partial charge in [-0.25, -0.2) is 0 Å². The van der Waals surface area contributed by atoms with Crippen molar-refractivity contribution in [3.05, 3.63) is 60.2 Å². The lowest BCUT2D eigenvalue weighted by Crippen LogP contribution is -2.34. The van der Waals surface area contributed by atoms with Crippen molar-refractivity contribution in [1.29, 1.82) is 0 Å². The topological polar surface area (TPSA) is 20.3 Å². The third-order valence-corrected chi connectivity index (χ3v) is 5.44. The highest BCUT2D eigenvalue weighted by Gasteiger charge is 2.38. The quantitative estimate of drug-likeness (QED) is 0.747. The molecule has 0 aromatic heterocycles. The number of hydrogen-bond acceptors (Lipinski definition) is 1. The molecule has 23 heavy (non-hydrogen) atoms. The van der Waals surface area contributed by atoms with Gasteiger partial charge in [0.15, 0.2) is 0 Å². The van der Waals surface area contributed by atoms with Crippen molar-refractivity contribution in [2.24, 2.45) is 5.92 Å². The van der Waals surface area contributed by atoms with Gasteiger partial charge in [-0.1, -0.05) is 54.6 Å². The molecule has 4 rings (SSSR count). The van der Waals surface area contributed by atoms with Crippen LogP contribution in [0.2, 0.25) is 0 Å². The van der Waals surface area contributed by atoms with Crippen LogP contribution in [-0.4, -0.2) is 23.9 Å². The molecule has 1 aliphatic carbocycles. The molecule has 1 aliphatic heterocycles. The maximum Gasteiger partial charge on any atom is 0.226 e. The number of allylic oxidation sites excluding steroid dienone is 1. The highest BCUT2D eigenvalue weighted by atomic mass is 16.2. The van der Waals surface area contributed by atoms with Crippen LogP contribution in [0.3, 0.4) is 0 Å². The summed E-state index contributed by atoms with van der Waals surface area (Å²) in [7, 11) is 0. The number of fused-ring (bicyclic) bond motifs is 1. The van der Waals surface area contributed by atoms with Crippen molar-refractivity contribution in [3.8, 4) is 0 Å². The van der Waals surface area contributed by atoms with E-state index in [4.69, 9.17) is 0 Å². The lowest BCUT2D eigenvalue weighted by molar-refractivity contribution is -0.134. The fourth-order valence-corrected chi connectivity index (χ4v) is 4.21. The zero-order chi connectivity index (χ0) is 15.8. The summed E-state index contributed by atoms with van der Waals surface area (Å²) in [6, 6.07) is 15.1. The first-order chi connectivity index (χ1) is 11.2. The van der Waals surface area contributed by atoms with Crippen LogP contribution in [-0.2, 0) is 4.79 Å². The van der Waals surface area contributed by atoms with Crippen LogP contribution in [0.15, 0.2) is 54.6 Å². The van der Waals surface area contributed by atoms with E-state index in [1.165, 1.54) is 21.9 Å². The summed E-state index contributed by atoms with van der Waals surface area (Å²) in [4.78, 5) is 15.0. The lowest BCUT2D eigenvalue weighted by Gasteiger charge is -2.25. The predicted molar refractivity (Wildman–Crippen MR) is 94.4 cm³/mol. The number of rotatable bonds is 2. The van der Waals surface area contributed by atoms with Gasteiger partial charge in [0.05, 0.1) is 0 Å². The number of carbonyl (C=O) groups excluding carboxylic acids is 1. The molecule has 0 spiro atoms. The van der Waals surface area contributed by atoms with E-state index in [1.807, 2.05) is 0 Å². The van der Waals surface area contributed by atoms with Crippen LogP contribution in [0.4, 0.5) is 0 Å². The number of likely N-dealkylation sites (tertiary alicyclic amines) is 1. The van der Waals surface area contributed by atoms with E-state index in [2.05, 4.69) is 53.9 Å². The van der Waals surface area contributed by atoms with Gasteiger partial charge in [-0.15, -0.1) is 0 Å². The molecule has 2 heteroatoms. The summed E-state index contributed by atoms with van der Waals surface area (Å²) >= 11 is 0. The highest BCUT2D eigenvalue weighted by Crippen LogP contribution is 2.44. The Balaban J connectivity index is 1.66. The molecule has 2 aromatic rings. The molecule has 1 saturated heterocycles. The van der Waals surface area contributed by atoms with Gasteiger partial charge in [0.1, 0.15) is 0 Å². The van der Waals surface area contributed by atoms with E-state index in [0.717, 1.165) is 38.8 Å². The molecule has 1 saturated carbocycles. The summed E-state index contributed by atoms with van der Waals surface area (Å²) in [5.74, 6) is 0.723. The fraction of sp³-hybridized carbons (Fsp3) is 0.381. The fourth-order valence-electron chi connectivity index (χ4n) is 4.21. The lowest BCUT2D eigenvalue weighted by atomic mass is 9.87. The molecule has 118 valence electrons. The summed E-state index contributed by atoms with van der Waals surface area (Å²) in [5.41, 5.74) is 2.51. The molecule has 0 bridgehead atoms. The Morgan fingerprint density at radius 3 is 2.52 bits per heavy atom. The average molecular weight is 305 g/mol. The maximum absolute atomic E-state index is 12.9. The standard InChI is InChI=1S/C21H23NO/c1-15-12-19(20(13-15)21(23)22-10-4-5-11-22)18-9-8-16-6-2-3-7-17(16)14-18/h2-3,6-9,14,19-20H,1,4-5,10-13H2/t19-,20+/m1/s1. The minimum absolute atomic E-state index is 0.0850. The zero-order valence-corrected chi connectivity index (χ0v) is 13.5. The van der Waals surface area contributed by atoms with Crippen LogP contribution in [0.1, 0.15) is 37.2 Å². The first-order valence-corrected chi connectivity index (χ1v) is 8.66. The smallest absolute Gasteiger partial charge is 0.226 e. The Hall–Kier alpha value is -2.09. The van der Waals surface area contributed by atoms with Crippen LogP contribution in [0, 0.1) is 5.92 Å². The van der Waals surface area contributed by atoms with Crippen molar-refractivity contribution in [3.63, 3.8) is 0 Å². The van der Waals surface area contributed by atoms with E-state index >= 15 is 0 Å².